The van der Waals surface area contributed by atoms with Crippen LogP contribution in [-0.2, 0) is 11.2 Å². The number of hydrogen-bond donors (Lipinski definition) is 1. The molecule has 1 N–H and O–H groups in total. The number of carbonyl (C=O) groups is 1. The maximum absolute atomic E-state index is 12.5. The summed E-state index contributed by atoms with van der Waals surface area (Å²) in [5.74, 6) is 0.296. The summed E-state index contributed by atoms with van der Waals surface area (Å²) in [6.45, 7) is 0.576. The third-order valence-corrected chi connectivity index (χ3v) is 4.42. The van der Waals surface area contributed by atoms with Gasteiger partial charge in [0.25, 0.3) is 5.91 Å². The van der Waals surface area contributed by atoms with Crippen LogP contribution < -0.4 is 5.32 Å². The van der Waals surface area contributed by atoms with E-state index in [1.54, 1.807) is 18.6 Å². The van der Waals surface area contributed by atoms with Gasteiger partial charge >= 0.3 is 0 Å². The van der Waals surface area contributed by atoms with Crippen LogP contribution in [0.15, 0.2) is 59.2 Å². The van der Waals surface area contributed by atoms with Crippen molar-refractivity contribution in [1.29, 1.82) is 0 Å². The Morgan fingerprint density at radius 2 is 2.12 bits per heavy atom. The van der Waals surface area contributed by atoms with Gasteiger partial charge in [-0.25, -0.2) is 4.99 Å². The fourth-order valence-corrected chi connectivity index (χ4v) is 3.38. The van der Waals surface area contributed by atoms with E-state index < -0.39 is 0 Å². The van der Waals surface area contributed by atoms with Crippen molar-refractivity contribution in [3.8, 4) is 0 Å². The molecule has 24 heavy (non-hydrogen) atoms. The molecule has 0 fully saturated rings. The van der Waals surface area contributed by atoms with Gasteiger partial charge in [-0.3, -0.25) is 14.8 Å². The molecule has 1 aromatic heterocycles. The maximum atomic E-state index is 12.5. The van der Waals surface area contributed by atoms with Crippen LogP contribution in [0.4, 0.5) is 0 Å². The van der Waals surface area contributed by atoms with Crippen LogP contribution in [-0.4, -0.2) is 33.2 Å². The number of fused-ring (bicyclic) bond motifs is 4. The van der Waals surface area contributed by atoms with Gasteiger partial charge in [0.15, 0.2) is 5.84 Å². The zero-order valence-electron chi connectivity index (χ0n) is 12.7. The summed E-state index contributed by atoms with van der Waals surface area (Å²) in [6.07, 6.45) is 7.63. The number of allylic oxidation sites excluding steroid dienone is 1. The Hall–Kier alpha value is -3.28. The number of aliphatic imine (C=N–C) groups is 1. The van der Waals surface area contributed by atoms with Crippen LogP contribution in [0.5, 0.6) is 0 Å². The lowest BCUT2D eigenvalue weighted by Crippen LogP contribution is -2.44. The highest BCUT2D eigenvalue weighted by atomic mass is 16.2. The summed E-state index contributed by atoms with van der Waals surface area (Å²) in [7, 11) is 0. The summed E-state index contributed by atoms with van der Waals surface area (Å²) in [5.41, 5.74) is 5.90. The number of aromatic nitrogens is 2. The van der Waals surface area contributed by atoms with Crippen LogP contribution >= 0.6 is 0 Å². The van der Waals surface area contributed by atoms with Crippen LogP contribution in [0.3, 0.4) is 0 Å². The Morgan fingerprint density at radius 3 is 3.00 bits per heavy atom. The van der Waals surface area contributed by atoms with Crippen molar-refractivity contribution in [2.24, 2.45) is 4.99 Å². The van der Waals surface area contributed by atoms with Crippen LogP contribution in [0, 0.1) is 0 Å². The smallest absolute Gasteiger partial charge is 0.291 e. The Morgan fingerprint density at radius 1 is 1.21 bits per heavy atom. The van der Waals surface area contributed by atoms with Crippen LogP contribution in [0.1, 0.15) is 16.8 Å². The van der Waals surface area contributed by atoms with Crippen molar-refractivity contribution < 1.29 is 4.79 Å². The molecule has 0 spiro atoms. The zero-order chi connectivity index (χ0) is 16.1. The van der Waals surface area contributed by atoms with Gasteiger partial charge < -0.3 is 10.2 Å². The standard InChI is InChI=1S/C18H13N5O/c24-18-17-21-13(8-12-9-19-5-6-20-12)10-23(17)15-7-11-3-1-2-4-14(11)16(15)22-18/h1-6,8-9H,7,10H2,(H,22,24). The Labute approximate surface area is 138 Å². The van der Waals surface area contributed by atoms with E-state index in [9.17, 15) is 4.79 Å². The molecular formula is C18H13N5O. The molecule has 116 valence electrons. The first kappa shape index (κ1) is 13.2. The van der Waals surface area contributed by atoms with E-state index in [0.717, 1.165) is 34.8 Å². The third kappa shape index (κ3) is 1.89. The highest BCUT2D eigenvalue weighted by Gasteiger charge is 2.39. The van der Waals surface area contributed by atoms with Gasteiger partial charge in [-0.15, -0.1) is 0 Å². The lowest BCUT2D eigenvalue weighted by Gasteiger charge is -2.27. The van der Waals surface area contributed by atoms with E-state index in [1.165, 1.54) is 5.56 Å². The second kappa shape index (κ2) is 4.86. The molecule has 0 saturated carbocycles. The topological polar surface area (TPSA) is 70.5 Å². The Balaban J connectivity index is 1.54. The first-order valence-electron chi connectivity index (χ1n) is 7.75. The molecule has 1 aliphatic carbocycles. The first-order chi connectivity index (χ1) is 11.8. The van der Waals surface area contributed by atoms with Crippen molar-refractivity contribution in [2.45, 2.75) is 6.42 Å². The van der Waals surface area contributed by atoms with Crippen molar-refractivity contribution in [3.63, 3.8) is 0 Å². The second-order valence-electron chi connectivity index (χ2n) is 5.90. The summed E-state index contributed by atoms with van der Waals surface area (Å²) >= 11 is 0. The van der Waals surface area contributed by atoms with E-state index in [-0.39, 0.29) is 5.91 Å². The molecule has 0 bridgehead atoms. The maximum Gasteiger partial charge on any atom is 0.291 e. The average Bonchev–Trinajstić information content (AvgIpc) is 3.18. The van der Waals surface area contributed by atoms with Gasteiger partial charge in [0.2, 0.25) is 0 Å². The molecule has 3 aliphatic rings. The van der Waals surface area contributed by atoms with Gasteiger partial charge in [0.1, 0.15) is 0 Å². The Kier molecular flexibility index (Phi) is 2.67. The number of benzene rings is 1. The fourth-order valence-electron chi connectivity index (χ4n) is 3.38. The number of hydrogen-bond acceptors (Lipinski definition) is 5. The quantitative estimate of drug-likeness (QED) is 0.867. The molecule has 1 aromatic carbocycles. The van der Waals surface area contributed by atoms with Gasteiger partial charge in [0.05, 0.1) is 29.8 Å². The monoisotopic (exact) mass is 315 g/mol. The molecule has 2 aliphatic heterocycles. The summed E-state index contributed by atoms with van der Waals surface area (Å²) in [6, 6.07) is 8.17. The van der Waals surface area contributed by atoms with E-state index >= 15 is 0 Å². The van der Waals surface area contributed by atoms with E-state index in [4.69, 9.17) is 0 Å². The van der Waals surface area contributed by atoms with Crippen molar-refractivity contribution >= 4 is 23.5 Å². The van der Waals surface area contributed by atoms with Crippen molar-refractivity contribution in [1.82, 2.24) is 20.2 Å². The number of amides is 1. The molecule has 3 heterocycles. The summed E-state index contributed by atoms with van der Waals surface area (Å²) in [5, 5.41) is 3.00. The summed E-state index contributed by atoms with van der Waals surface area (Å²) < 4.78 is 0. The van der Waals surface area contributed by atoms with E-state index in [2.05, 4.69) is 26.3 Å². The molecule has 0 saturated heterocycles. The highest BCUT2D eigenvalue weighted by Crippen LogP contribution is 2.37. The predicted molar refractivity (Wildman–Crippen MR) is 89.4 cm³/mol. The minimum atomic E-state index is -0.159. The molecule has 0 unspecified atom stereocenters. The fraction of sp³-hybridized carbons (Fsp3) is 0.111. The lowest BCUT2D eigenvalue weighted by atomic mass is 10.1. The SMILES string of the molecule is O=C1NC2=C(Cc3ccccc32)N2CC(=Cc3cnccn3)N=C12. The second-order valence-corrected chi connectivity index (χ2v) is 5.90. The minimum absolute atomic E-state index is 0.159. The summed E-state index contributed by atoms with van der Waals surface area (Å²) in [4.78, 5) is 27.3. The molecule has 2 aromatic rings. The molecule has 5 rings (SSSR count). The Bertz CT molecular complexity index is 958. The van der Waals surface area contributed by atoms with Gasteiger partial charge in [-0.05, 0) is 11.6 Å². The lowest BCUT2D eigenvalue weighted by molar-refractivity contribution is -0.114. The number of carbonyl (C=O) groups excluding carboxylic acids is 1. The van der Waals surface area contributed by atoms with Crippen molar-refractivity contribution in [3.05, 3.63) is 71.1 Å². The largest absolute Gasteiger partial charge is 0.317 e. The number of nitrogens with one attached hydrogen (secondary N) is 1. The van der Waals surface area contributed by atoms with Gasteiger partial charge in [0, 0.05) is 30.1 Å². The molecule has 6 nitrogen and oxygen atoms in total. The van der Waals surface area contributed by atoms with Crippen LogP contribution in [0.25, 0.3) is 11.8 Å². The average molecular weight is 315 g/mol. The minimum Gasteiger partial charge on any atom is -0.317 e. The molecule has 0 radical (unpaired) electrons. The molecule has 6 heteroatoms. The van der Waals surface area contributed by atoms with Gasteiger partial charge in [-0.2, -0.15) is 0 Å². The van der Waals surface area contributed by atoms with E-state index in [1.807, 2.05) is 29.2 Å². The van der Waals surface area contributed by atoms with Crippen molar-refractivity contribution in [2.75, 3.05) is 6.54 Å². The first-order valence-corrected chi connectivity index (χ1v) is 7.75. The van der Waals surface area contributed by atoms with E-state index in [0.29, 0.717) is 12.4 Å². The molecule has 1 amide bonds. The molecule has 0 atom stereocenters. The molecular weight excluding hydrogens is 302 g/mol. The number of amidine groups is 1. The normalized spacial score (nSPS) is 19.8. The van der Waals surface area contributed by atoms with Crippen LogP contribution in [0.2, 0.25) is 0 Å². The van der Waals surface area contributed by atoms with Gasteiger partial charge in [-0.1, -0.05) is 24.3 Å². The zero-order valence-corrected chi connectivity index (χ0v) is 12.7. The number of nitrogens with zero attached hydrogens (tertiary/aromatic N) is 4. The highest BCUT2D eigenvalue weighted by molar-refractivity contribution is 6.41. The number of rotatable bonds is 1. The predicted octanol–water partition coefficient (Wildman–Crippen LogP) is 1.59. The third-order valence-electron chi connectivity index (χ3n) is 4.42.